The van der Waals surface area contributed by atoms with Gasteiger partial charge in [0.2, 0.25) is 0 Å². The molecule has 2 saturated heterocycles. The Bertz CT molecular complexity index is 618. The van der Waals surface area contributed by atoms with Crippen LogP contribution in [0.4, 0.5) is 0 Å². The first-order valence-electron chi connectivity index (χ1n) is 9.33. The Kier molecular flexibility index (Phi) is 7.25. The highest BCUT2D eigenvalue weighted by molar-refractivity contribution is 7.80. The number of hydrogen-bond donors (Lipinski definition) is 1. The van der Waals surface area contributed by atoms with Crippen molar-refractivity contribution in [2.75, 3.05) is 19.7 Å². The predicted octanol–water partition coefficient (Wildman–Crippen LogP) is 3.40. The molecule has 1 aromatic carbocycles. The summed E-state index contributed by atoms with van der Waals surface area (Å²) >= 11 is 11.2. The van der Waals surface area contributed by atoms with Gasteiger partial charge < -0.3 is 10.5 Å². The molecule has 5 nitrogen and oxygen atoms in total. The molecule has 1 aromatic rings. The average molecular weight is 395 g/mol. The fourth-order valence-corrected chi connectivity index (χ4v) is 3.79. The van der Waals surface area contributed by atoms with Gasteiger partial charge in [0, 0.05) is 30.4 Å². The number of nitrogens with two attached hydrogens (primary N) is 1. The van der Waals surface area contributed by atoms with E-state index < -0.39 is 0 Å². The van der Waals surface area contributed by atoms with Gasteiger partial charge in [0.05, 0.1) is 12.6 Å². The third-order valence-electron chi connectivity index (χ3n) is 5.00. The van der Waals surface area contributed by atoms with Crippen molar-refractivity contribution in [3.05, 3.63) is 34.9 Å². The number of rotatable bonds is 6. The zero-order chi connectivity index (χ0) is 18.4. The molecular weight excluding hydrogens is 368 g/mol. The van der Waals surface area contributed by atoms with Crippen LogP contribution in [0, 0.1) is 0 Å². The Balaban J connectivity index is 1.62. The molecular formula is C19H27ClN4OS. The lowest BCUT2D eigenvalue weighted by atomic mass is 10.0. The number of halogens is 1. The third-order valence-corrected chi connectivity index (χ3v) is 5.46. The molecule has 2 N–H and O–H groups in total. The van der Waals surface area contributed by atoms with Crippen LogP contribution in [0.3, 0.4) is 0 Å². The molecule has 2 fully saturated rings. The van der Waals surface area contributed by atoms with Crippen molar-refractivity contribution >= 4 is 35.1 Å². The first kappa shape index (κ1) is 19.5. The van der Waals surface area contributed by atoms with Gasteiger partial charge >= 0.3 is 0 Å². The van der Waals surface area contributed by atoms with Crippen LogP contribution in [0.25, 0.3) is 0 Å². The van der Waals surface area contributed by atoms with Gasteiger partial charge in [0.25, 0.3) is 0 Å². The molecule has 2 unspecified atom stereocenters. The fourth-order valence-electron chi connectivity index (χ4n) is 3.54. The van der Waals surface area contributed by atoms with Crippen molar-refractivity contribution in [3.8, 4) is 0 Å². The molecule has 3 rings (SSSR count). The molecule has 0 radical (unpaired) electrons. The van der Waals surface area contributed by atoms with Crippen molar-refractivity contribution in [1.29, 1.82) is 0 Å². The summed E-state index contributed by atoms with van der Waals surface area (Å²) in [6, 6.07) is 8.36. The number of hydrazone groups is 1. The number of hydrogen-bond acceptors (Lipinski definition) is 4. The number of ether oxygens (including phenoxy) is 1. The van der Waals surface area contributed by atoms with Gasteiger partial charge in [0.15, 0.2) is 5.11 Å². The first-order chi connectivity index (χ1) is 12.6. The number of nitrogens with zero attached hydrogens (tertiary/aromatic N) is 3. The third kappa shape index (κ3) is 5.64. The molecule has 2 aliphatic heterocycles. The van der Waals surface area contributed by atoms with Crippen LogP contribution < -0.4 is 5.73 Å². The van der Waals surface area contributed by atoms with Gasteiger partial charge in [-0.2, -0.15) is 5.10 Å². The van der Waals surface area contributed by atoms with Gasteiger partial charge in [-0.3, -0.25) is 4.90 Å². The zero-order valence-electron chi connectivity index (χ0n) is 15.0. The predicted molar refractivity (Wildman–Crippen MR) is 110 cm³/mol. The van der Waals surface area contributed by atoms with E-state index in [9.17, 15) is 0 Å². The van der Waals surface area contributed by atoms with Gasteiger partial charge in [-0.05, 0) is 62.1 Å². The Hall–Kier alpha value is -1.21. The number of benzene rings is 1. The van der Waals surface area contributed by atoms with Crippen LogP contribution in [-0.4, -0.2) is 53.1 Å². The maximum atomic E-state index is 5.99. The van der Waals surface area contributed by atoms with Crippen LogP contribution >= 0.6 is 23.8 Å². The lowest BCUT2D eigenvalue weighted by molar-refractivity contribution is 0.0920. The molecule has 0 aliphatic carbocycles. The molecule has 26 heavy (non-hydrogen) atoms. The van der Waals surface area contributed by atoms with Crippen molar-refractivity contribution < 1.29 is 4.74 Å². The summed E-state index contributed by atoms with van der Waals surface area (Å²) in [7, 11) is 0. The highest BCUT2D eigenvalue weighted by atomic mass is 35.5. The lowest BCUT2D eigenvalue weighted by Gasteiger charge is -2.33. The maximum Gasteiger partial charge on any atom is 0.187 e. The monoisotopic (exact) mass is 394 g/mol. The van der Waals surface area contributed by atoms with E-state index in [0.717, 1.165) is 44.0 Å². The molecule has 0 amide bonds. The molecule has 2 atom stereocenters. The van der Waals surface area contributed by atoms with Crippen LogP contribution in [0.15, 0.2) is 29.4 Å². The van der Waals surface area contributed by atoms with Gasteiger partial charge in [0.1, 0.15) is 0 Å². The normalized spacial score (nSPS) is 24.2. The van der Waals surface area contributed by atoms with Crippen LogP contribution in [0.1, 0.15) is 37.7 Å². The molecule has 0 spiro atoms. The Morgan fingerprint density at radius 1 is 1.31 bits per heavy atom. The summed E-state index contributed by atoms with van der Waals surface area (Å²) in [6.45, 7) is 3.41. The molecule has 142 valence electrons. The standard InChI is InChI=1S/C19H27ClN4OS/c20-16-8-6-15(7-9-16)13-23-10-2-1-4-17(23)12-22-24(19(21)26)14-18-5-3-11-25-18/h6-9,12,17-18H,1-5,10-11,13-14H2,(H2,21,26). The minimum Gasteiger partial charge on any atom is -0.376 e. The Labute approximate surface area is 166 Å². The van der Waals surface area contributed by atoms with E-state index in [0.29, 0.717) is 17.7 Å². The minimum absolute atomic E-state index is 0.171. The summed E-state index contributed by atoms with van der Waals surface area (Å²) in [6.07, 6.45) is 7.84. The second-order valence-electron chi connectivity index (χ2n) is 6.98. The Morgan fingerprint density at radius 3 is 2.81 bits per heavy atom. The smallest absolute Gasteiger partial charge is 0.187 e. The topological polar surface area (TPSA) is 54.1 Å². The van der Waals surface area contributed by atoms with Crippen LogP contribution in [0.2, 0.25) is 5.02 Å². The van der Waals surface area contributed by atoms with Crippen LogP contribution in [-0.2, 0) is 11.3 Å². The van der Waals surface area contributed by atoms with Gasteiger partial charge in [-0.15, -0.1) is 0 Å². The van der Waals surface area contributed by atoms with E-state index in [-0.39, 0.29) is 6.10 Å². The van der Waals surface area contributed by atoms with E-state index in [1.165, 1.54) is 18.4 Å². The summed E-state index contributed by atoms with van der Waals surface area (Å²) in [5, 5.41) is 7.40. The van der Waals surface area contributed by atoms with Gasteiger partial charge in [-0.25, -0.2) is 5.01 Å². The lowest BCUT2D eigenvalue weighted by Crippen LogP contribution is -2.42. The summed E-state index contributed by atoms with van der Waals surface area (Å²) in [5.74, 6) is 0. The molecule has 0 saturated carbocycles. The van der Waals surface area contributed by atoms with E-state index >= 15 is 0 Å². The van der Waals surface area contributed by atoms with Crippen molar-refractivity contribution in [1.82, 2.24) is 9.91 Å². The minimum atomic E-state index is 0.171. The molecule has 2 heterocycles. The molecule has 0 aromatic heterocycles. The highest BCUT2D eigenvalue weighted by Crippen LogP contribution is 2.20. The van der Waals surface area contributed by atoms with Crippen molar-refractivity contribution in [3.63, 3.8) is 0 Å². The summed E-state index contributed by atoms with van der Waals surface area (Å²) in [5.41, 5.74) is 7.13. The highest BCUT2D eigenvalue weighted by Gasteiger charge is 2.23. The van der Waals surface area contributed by atoms with Crippen molar-refractivity contribution in [2.24, 2.45) is 10.8 Å². The number of thiocarbonyl (C=S) groups is 1. The Morgan fingerprint density at radius 2 is 2.12 bits per heavy atom. The molecule has 0 bridgehead atoms. The van der Waals surface area contributed by atoms with E-state index in [1.807, 2.05) is 18.3 Å². The number of piperidine rings is 1. The van der Waals surface area contributed by atoms with E-state index in [4.69, 9.17) is 34.3 Å². The van der Waals surface area contributed by atoms with E-state index in [2.05, 4.69) is 22.1 Å². The first-order valence-corrected chi connectivity index (χ1v) is 10.1. The average Bonchev–Trinajstić information content (AvgIpc) is 3.14. The molecule has 2 aliphatic rings. The zero-order valence-corrected chi connectivity index (χ0v) is 16.6. The largest absolute Gasteiger partial charge is 0.376 e. The van der Waals surface area contributed by atoms with Gasteiger partial charge in [-0.1, -0.05) is 30.2 Å². The summed E-state index contributed by atoms with van der Waals surface area (Å²) < 4.78 is 5.68. The second kappa shape index (κ2) is 9.65. The quantitative estimate of drug-likeness (QED) is 0.455. The molecule has 7 heteroatoms. The number of likely N-dealkylation sites (tertiary alicyclic amines) is 1. The second-order valence-corrected chi connectivity index (χ2v) is 7.83. The van der Waals surface area contributed by atoms with Crippen molar-refractivity contribution in [2.45, 2.75) is 50.8 Å². The maximum absolute atomic E-state index is 5.99. The van der Waals surface area contributed by atoms with Crippen LogP contribution in [0.5, 0.6) is 0 Å². The fraction of sp³-hybridized carbons (Fsp3) is 0.579. The summed E-state index contributed by atoms with van der Waals surface area (Å²) in [4.78, 5) is 2.46. The SMILES string of the molecule is NC(=S)N(CC1CCCO1)N=CC1CCCCN1Cc1ccc(Cl)cc1. The van der Waals surface area contributed by atoms with E-state index in [1.54, 1.807) is 5.01 Å².